The Balaban J connectivity index is 1.94. The van der Waals surface area contributed by atoms with Crippen molar-refractivity contribution >= 4 is 29.1 Å². The van der Waals surface area contributed by atoms with Gasteiger partial charge in [-0.1, -0.05) is 47.0 Å². The summed E-state index contributed by atoms with van der Waals surface area (Å²) in [7, 11) is 0. The van der Waals surface area contributed by atoms with Crippen LogP contribution in [0.1, 0.15) is 23.6 Å². The normalized spacial score (nSPS) is 11.9. The van der Waals surface area contributed by atoms with E-state index in [-0.39, 0.29) is 5.91 Å². The molecule has 23 heavy (non-hydrogen) atoms. The van der Waals surface area contributed by atoms with Crippen molar-refractivity contribution in [2.75, 3.05) is 0 Å². The number of rotatable bonds is 5. The van der Waals surface area contributed by atoms with Crippen LogP contribution in [0.4, 0.5) is 0 Å². The van der Waals surface area contributed by atoms with Crippen molar-refractivity contribution < 1.29 is 9.53 Å². The van der Waals surface area contributed by atoms with Crippen molar-refractivity contribution in [2.24, 2.45) is 0 Å². The van der Waals surface area contributed by atoms with Crippen molar-refractivity contribution in [3.63, 3.8) is 0 Å². The van der Waals surface area contributed by atoms with Crippen LogP contribution in [-0.4, -0.2) is 12.0 Å². The van der Waals surface area contributed by atoms with E-state index in [1.807, 2.05) is 32.0 Å². The zero-order valence-electron chi connectivity index (χ0n) is 13.3. The van der Waals surface area contributed by atoms with Crippen LogP contribution in [0.25, 0.3) is 0 Å². The molecule has 0 aliphatic heterocycles. The average molecular weight is 352 g/mol. The fourth-order valence-electron chi connectivity index (χ4n) is 2.17. The number of hydrogen-bond donors (Lipinski definition) is 1. The van der Waals surface area contributed by atoms with Crippen LogP contribution in [0, 0.1) is 13.8 Å². The lowest BCUT2D eigenvalue weighted by Crippen LogP contribution is -2.36. The predicted molar refractivity (Wildman–Crippen MR) is 94.3 cm³/mol. The Hall–Kier alpha value is -1.71. The van der Waals surface area contributed by atoms with Gasteiger partial charge >= 0.3 is 0 Å². The van der Waals surface area contributed by atoms with Gasteiger partial charge in [0.2, 0.25) is 0 Å². The Labute approximate surface area is 146 Å². The molecule has 0 bridgehead atoms. The summed E-state index contributed by atoms with van der Waals surface area (Å²) in [5.41, 5.74) is 2.97. The van der Waals surface area contributed by atoms with Crippen LogP contribution in [0.3, 0.4) is 0 Å². The third kappa shape index (κ3) is 4.88. The summed E-state index contributed by atoms with van der Waals surface area (Å²) in [6.07, 6.45) is -0.595. The maximum Gasteiger partial charge on any atom is 0.261 e. The lowest BCUT2D eigenvalue weighted by molar-refractivity contribution is -0.127. The zero-order chi connectivity index (χ0) is 17.0. The molecule has 1 amide bonds. The summed E-state index contributed by atoms with van der Waals surface area (Å²) >= 11 is 11.9. The molecule has 0 heterocycles. The number of benzene rings is 2. The highest BCUT2D eigenvalue weighted by atomic mass is 35.5. The van der Waals surface area contributed by atoms with Gasteiger partial charge in [0, 0.05) is 16.6 Å². The van der Waals surface area contributed by atoms with E-state index in [0.717, 1.165) is 16.7 Å². The first kappa shape index (κ1) is 17.6. The molecule has 1 N–H and O–H groups in total. The quantitative estimate of drug-likeness (QED) is 0.848. The molecule has 2 aromatic carbocycles. The molecular weight excluding hydrogens is 333 g/mol. The van der Waals surface area contributed by atoms with Crippen LogP contribution in [-0.2, 0) is 11.3 Å². The largest absolute Gasteiger partial charge is 0.481 e. The van der Waals surface area contributed by atoms with Gasteiger partial charge < -0.3 is 10.1 Å². The fourth-order valence-corrected chi connectivity index (χ4v) is 2.64. The fraction of sp³-hybridized carbons (Fsp3) is 0.278. The molecule has 0 saturated heterocycles. The standard InChI is InChI=1S/C18H19Cl2NO2/c1-11-4-7-17(12(2)8-11)23-13(3)18(22)21-10-14-5-6-15(19)9-16(14)20/h4-9,13H,10H2,1-3H3,(H,21,22)/t13-/m0/s1. The summed E-state index contributed by atoms with van der Waals surface area (Å²) in [6, 6.07) is 11.0. The highest BCUT2D eigenvalue weighted by Gasteiger charge is 2.15. The summed E-state index contributed by atoms with van der Waals surface area (Å²) in [6.45, 7) is 6.02. The van der Waals surface area contributed by atoms with Gasteiger partial charge in [0.25, 0.3) is 5.91 Å². The summed E-state index contributed by atoms with van der Waals surface area (Å²) < 4.78 is 5.73. The molecule has 0 saturated carbocycles. The SMILES string of the molecule is Cc1ccc(O[C@@H](C)C(=O)NCc2ccc(Cl)cc2Cl)c(C)c1. The highest BCUT2D eigenvalue weighted by molar-refractivity contribution is 6.35. The number of aryl methyl sites for hydroxylation is 2. The average Bonchev–Trinajstić information content (AvgIpc) is 2.48. The molecule has 5 heteroatoms. The van der Waals surface area contributed by atoms with Gasteiger partial charge in [-0.3, -0.25) is 4.79 Å². The zero-order valence-corrected chi connectivity index (χ0v) is 14.8. The first-order chi connectivity index (χ1) is 10.9. The Morgan fingerprint density at radius 1 is 1.17 bits per heavy atom. The minimum absolute atomic E-state index is 0.198. The first-order valence-corrected chi connectivity index (χ1v) is 8.08. The van der Waals surface area contributed by atoms with E-state index in [9.17, 15) is 4.79 Å². The molecule has 0 fully saturated rings. The number of ether oxygens (including phenoxy) is 1. The third-order valence-corrected chi connectivity index (χ3v) is 4.06. The molecule has 122 valence electrons. The van der Waals surface area contributed by atoms with Crippen molar-refractivity contribution in [3.05, 3.63) is 63.1 Å². The molecule has 0 radical (unpaired) electrons. The Kier molecular flexibility index (Phi) is 5.91. The smallest absolute Gasteiger partial charge is 0.261 e. The van der Waals surface area contributed by atoms with Crippen LogP contribution < -0.4 is 10.1 Å². The van der Waals surface area contributed by atoms with Crippen molar-refractivity contribution in [1.82, 2.24) is 5.32 Å². The van der Waals surface area contributed by atoms with Gasteiger partial charge in [-0.25, -0.2) is 0 Å². The number of amides is 1. The van der Waals surface area contributed by atoms with Gasteiger partial charge in [-0.2, -0.15) is 0 Å². The lowest BCUT2D eigenvalue weighted by atomic mass is 10.1. The minimum Gasteiger partial charge on any atom is -0.481 e. The number of carbonyl (C=O) groups is 1. The maximum atomic E-state index is 12.2. The van der Waals surface area contributed by atoms with Gasteiger partial charge in [-0.15, -0.1) is 0 Å². The van der Waals surface area contributed by atoms with E-state index in [4.69, 9.17) is 27.9 Å². The van der Waals surface area contributed by atoms with Crippen molar-refractivity contribution in [2.45, 2.75) is 33.4 Å². The molecule has 3 nitrogen and oxygen atoms in total. The molecular formula is C18H19Cl2NO2. The number of nitrogens with one attached hydrogen (secondary N) is 1. The van der Waals surface area contributed by atoms with Crippen molar-refractivity contribution in [3.8, 4) is 5.75 Å². The van der Waals surface area contributed by atoms with Crippen molar-refractivity contribution in [1.29, 1.82) is 0 Å². The number of halogens is 2. The van der Waals surface area contributed by atoms with Gasteiger partial charge in [0.15, 0.2) is 6.10 Å². The van der Waals surface area contributed by atoms with Crippen LogP contribution >= 0.6 is 23.2 Å². The van der Waals surface area contributed by atoms with Crippen LogP contribution in [0.5, 0.6) is 5.75 Å². The van der Waals surface area contributed by atoms with Gasteiger partial charge in [0.1, 0.15) is 5.75 Å². The molecule has 1 atom stereocenters. The highest BCUT2D eigenvalue weighted by Crippen LogP contribution is 2.22. The Morgan fingerprint density at radius 3 is 2.57 bits per heavy atom. The van der Waals surface area contributed by atoms with E-state index in [1.165, 1.54) is 0 Å². The van der Waals surface area contributed by atoms with E-state index in [2.05, 4.69) is 5.32 Å². The van der Waals surface area contributed by atoms with E-state index in [0.29, 0.717) is 22.3 Å². The Morgan fingerprint density at radius 2 is 1.91 bits per heavy atom. The monoisotopic (exact) mass is 351 g/mol. The molecule has 0 aliphatic carbocycles. The predicted octanol–water partition coefficient (Wildman–Crippen LogP) is 4.69. The lowest BCUT2D eigenvalue weighted by Gasteiger charge is -2.17. The summed E-state index contributed by atoms with van der Waals surface area (Å²) in [5.74, 6) is 0.513. The number of carbonyl (C=O) groups excluding carboxylic acids is 1. The molecule has 0 unspecified atom stereocenters. The second kappa shape index (κ2) is 7.71. The van der Waals surface area contributed by atoms with Gasteiger partial charge in [-0.05, 0) is 50.1 Å². The Bertz CT molecular complexity index is 716. The molecule has 2 rings (SSSR count). The summed E-state index contributed by atoms with van der Waals surface area (Å²) in [4.78, 5) is 12.2. The minimum atomic E-state index is -0.595. The van der Waals surface area contributed by atoms with E-state index in [1.54, 1.807) is 25.1 Å². The van der Waals surface area contributed by atoms with Gasteiger partial charge in [0.05, 0.1) is 0 Å². The molecule has 2 aromatic rings. The third-order valence-electron chi connectivity index (χ3n) is 3.47. The van der Waals surface area contributed by atoms with E-state index < -0.39 is 6.10 Å². The molecule has 0 aromatic heterocycles. The molecule has 0 spiro atoms. The second-order valence-electron chi connectivity index (χ2n) is 5.48. The first-order valence-electron chi connectivity index (χ1n) is 7.32. The summed E-state index contributed by atoms with van der Waals surface area (Å²) in [5, 5.41) is 3.91. The number of hydrogen-bond acceptors (Lipinski definition) is 2. The topological polar surface area (TPSA) is 38.3 Å². The van der Waals surface area contributed by atoms with Crippen LogP contribution in [0.2, 0.25) is 10.0 Å². The second-order valence-corrected chi connectivity index (χ2v) is 6.33. The van der Waals surface area contributed by atoms with E-state index >= 15 is 0 Å². The molecule has 0 aliphatic rings. The maximum absolute atomic E-state index is 12.2. The van der Waals surface area contributed by atoms with Crippen LogP contribution in [0.15, 0.2) is 36.4 Å².